The van der Waals surface area contributed by atoms with Gasteiger partial charge in [0.1, 0.15) is 13.2 Å². The fourth-order valence-corrected chi connectivity index (χ4v) is 3.84. The minimum Gasteiger partial charge on any atom is -0.486 e. The van der Waals surface area contributed by atoms with E-state index in [2.05, 4.69) is 15.9 Å². The summed E-state index contributed by atoms with van der Waals surface area (Å²) < 4.78 is 12.1. The number of hydrogen-bond acceptors (Lipinski definition) is 4. The van der Waals surface area contributed by atoms with Crippen LogP contribution < -0.4 is 14.4 Å². The first-order chi connectivity index (χ1) is 13.5. The molecule has 2 aromatic rings. The maximum atomic E-state index is 12.9. The van der Waals surface area contributed by atoms with Crippen LogP contribution in [-0.2, 0) is 16.1 Å². The van der Waals surface area contributed by atoms with Gasteiger partial charge in [0.2, 0.25) is 11.8 Å². The van der Waals surface area contributed by atoms with E-state index in [0.29, 0.717) is 37.8 Å². The summed E-state index contributed by atoms with van der Waals surface area (Å²) in [4.78, 5) is 28.8. The average Bonchev–Trinajstić information content (AvgIpc) is 3.10. The largest absolute Gasteiger partial charge is 0.486 e. The summed E-state index contributed by atoms with van der Waals surface area (Å²) in [6.07, 6.45) is 0.220. The number of rotatable bonds is 4. The third-order valence-corrected chi connectivity index (χ3v) is 5.55. The molecule has 2 aromatic carbocycles. The number of amides is 2. The Morgan fingerprint density at radius 1 is 1.14 bits per heavy atom. The van der Waals surface area contributed by atoms with E-state index in [1.165, 1.54) is 0 Å². The Hall–Kier alpha value is -2.54. The molecule has 0 aliphatic carbocycles. The van der Waals surface area contributed by atoms with Crippen molar-refractivity contribution in [3.8, 4) is 11.5 Å². The van der Waals surface area contributed by atoms with E-state index in [1.54, 1.807) is 16.8 Å². The smallest absolute Gasteiger partial charge is 0.228 e. The lowest BCUT2D eigenvalue weighted by atomic mass is 10.1. The minimum absolute atomic E-state index is 0.0173. The molecule has 2 aliphatic heterocycles. The van der Waals surface area contributed by atoms with Gasteiger partial charge in [0, 0.05) is 42.8 Å². The lowest BCUT2D eigenvalue weighted by Gasteiger charge is -2.23. The molecule has 0 spiro atoms. The second kappa shape index (κ2) is 7.83. The van der Waals surface area contributed by atoms with E-state index in [-0.39, 0.29) is 24.2 Å². The first kappa shape index (κ1) is 18.8. The SMILES string of the molecule is CN(Cc1ccc(Br)cc1)C(=O)[C@@H]1CC(=O)N(c2ccc3c(c2)OCCO3)C1. The predicted molar refractivity (Wildman–Crippen MR) is 109 cm³/mol. The number of fused-ring (bicyclic) bond motifs is 1. The van der Waals surface area contributed by atoms with Crippen molar-refractivity contribution in [1.29, 1.82) is 0 Å². The van der Waals surface area contributed by atoms with Gasteiger partial charge in [-0.3, -0.25) is 9.59 Å². The van der Waals surface area contributed by atoms with Crippen LogP contribution in [0.5, 0.6) is 11.5 Å². The molecule has 2 amide bonds. The highest BCUT2D eigenvalue weighted by Crippen LogP contribution is 2.36. The lowest BCUT2D eigenvalue weighted by molar-refractivity contribution is -0.135. The van der Waals surface area contributed by atoms with E-state index < -0.39 is 0 Å². The molecule has 2 heterocycles. The van der Waals surface area contributed by atoms with Crippen molar-refractivity contribution in [1.82, 2.24) is 4.90 Å². The van der Waals surface area contributed by atoms with E-state index in [4.69, 9.17) is 9.47 Å². The van der Waals surface area contributed by atoms with Crippen LogP contribution in [0.3, 0.4) is 0 Å². The fourth-order valence-electron chi connectivity index (χ4n) is 3.58. The molecule has 28 heavy (non-hydrogen) atoms. The van der Waals surface area contributed by atoms with Crippen molar-refractivity contribution in [3.63, 3.8) is 0 Å². The monoisotopic (exact) mass is 444 g/mol. The Balaban J connectivity index is 1.43. The predicted octanol–water partition coefficient (Wildman–Crippen LogP) is 3.23. The van der Waals surface area contributed by atoms with E-state index >= 15 is 0 Å². The standard InChI is InChI=1S/C21H21BrN2O4/c1-23(12-14-2-4-16(22)5-3-14)21(26)15-10-20(25)24(13-15)17-6-7-18-19(11-17)28-9-8-27-18/h2-7,11,15H,8-10,12-13H2,1H3/t15-/m1/s1. The van der Waals surface area contributed by atoms with Crippen LogP contribution in [0, 0.1) is 5.92 Å². The van der Waals surface area contributed by atoms with Crippen LogP contribution in [-0.4, -0.2) is 43.5 Å². The summed E-state index contributed by atoms with van der Waals surface area (Å²) in [6, 6.07) is 13.3. The second-order valence-electron chi connectivity index (χ2n) is 7.05. The van der Waals surface area contributed by atoms with Gasteiger partial charge in [-0.1, -0.05) is 28.1 Å². The number of anilines is 1. The molecule has 1 atom stereocenters. The Bertz CT molecular complexity index is 900. The highest BCUT2D eigenvalue weighted by Gasteiger charge is 2.36. The van der Waals surface area contributed by atoms with Gasteiger partial charge in [-0.2, -0.15) is 0 Å². The molecule has 0 bridgehead atoms. The number of halogens is 1. The number of ether oxygens (including phenoxy) is 2. The summed E-state index contributed by atoms with van der Waals surface area (Å²) in [6.45, 7) is 1.91. The summed E-state index contributed by atoms with van der Waals surface area (Å²) in [5.74, 6) is 0.909. The quantitative estimate of drug-likeness (QED) is 0.726. The van der Waals surface area contributed by atoms with Crippen molar-refractivity contribution < 1.29 is 19.1 Å². The van der Waals surface area contributed by atoms with Crippen LogP contribution in [0.4, 0.5) is 5.69 Å². The third-order valence-electron chi connectivity index (χ3n) is 5.02. The number of carbonyl (C=O) groups excluding carboxylic acids is 2. The van der Waals surface area contributed by atoms with Crippen molar-refractivity contribution in [2.45, 2.75) is 13.0 Å². The molecule has 0 radical (unpaired) electrons. The molecule has 0 unspecified atom stereocenters. The van der Waals surface area contributed by atoms with Crippen molar-refractivity contribution in [2.24, 2.45) is 5.92 Å². The highest BCUT2D eigenvalue weighted by atomic mass is 79.9. The maximum Gasteiger partial charge on any atom is 0.228 e. The minimum atomic E-state index is -0.346. The molecule has 0 aromatic heterocycles. The molecular weight excluding hydrogens is 424 g/mol. The summed E-state index contributed by atoms with van der Waals surface area (Å²) in [5.41, 5.74) is 1.78. The normalized spacial score (nSPS) is 18.3. The number of carbonyl (C=O) groups is 2. The van der Waals surface area contributed by atoms with Gasteiger partial charge in [0.25, 0.3) is 0 Å². The number of benzene rings is 2. The topological polar surface area (TPSA) is 59.1 Å². The summed E-state index contributed by atoms with van der Waals surface area (Å²) in [7, 11) is 1.78. The Labute approximate surface area is 172 Å². The van der Waals surface area contributed by atoms with Crippen molar-refractivity contribution in [3.05, 3.63) is 52.5 Å². The van der Waals surface area contributed by atoms with Gasteiger partial charge in [0.05, 0.1) is 5.92 Å². The van der Waals surface area contributed by atoms with E-state index in [1.807, 2.05) is 42.5 Å². The molecule has 0 N–H and O–H groups in total. The Morgan fingerprint density at radius 3 is 2.61 bits per heavy atom. The Kier molecular flexibility index (Phi) is 5.26. The average molecular weight is 445 g/mol. The number of nitrogens with zero attached hydrogens (tertiary/aromatic N) is 2. The van der Waals surface area contributed by atoms with Crippen LogP contribution in [0.2, 0.25) is 0 Å². The molecule has 7 heteroatoms. The van der Waals surface area contributed by atoms with Gasteiger partial charge in [0.15, 0.2) is 11.5 Å². The maximum absolute atomic E-state index is 12.9. The van der Waals surface area contributed by atoms with Gasteiger partial charge in [-0.15, -0.1) is 0 Å². The second-order valence-corrected chi connectivity index (χ2v) is 7.97. The number of hydrogen-bond donors (Lipinski definition) is 0. The molecule has 1 fully saturated rings. The molecule has 1 saturated heterocycles. The molecule has 4 rings (SSSR count). The van der Waals surface area contributed by atoms with Crippen molar-refractivity contribution in [2.75, 3.05) is 31.7 Å². The molecule has 0 saturated carbocycles. The van der Waals surface area contributed by atoms with E-state index in [0.717, 1.165) is 15.7 Å². The zero-order valence-corrected chi connectivity index (χ0v) is 17.1. The van der Waals surface area contributed by atoms with Crippen molar-refractivity contribution >= 4 is 33.4 Å². The zero-order valence-electron chi connectivity index (χ0n) is 15.6. The molecule has 2 aliphatic rings. The fraction of sp³-hybridized carbons (Fsp3) is 0.333. The summed E-state index contributed by atoms with van der Waals surface area (Å²) >= 11 is 3.41. The van der Waals surface area contributed by atoms with Gasteiger partial charge >= 0.3 is 0 Å². The third kappa shape index (κ3) is 3.85. The van der Waals surface area contributed by atoms with Crippen LogP contribution in [0.15, 0.2) is 46.9 Å². The highest BCUT2D eigenvalue weighted by molar-refractivity contribution is 9.10. The lowest BCUT2D eigenvalue weighted by Crippen LogP contribution is -2.34. The van der Waals surface area contributed by atoms with Crippen LogP contribution in [0.1, 0.15) is 12.0 Å². The van der Waals surface area contributed by atoms with Gasteiger partial charge < -0.3 is 19.3 Å². The first-order valence-corrected chi connectivity index (χ1v) is 10.00. The zero-order chi connectivity index (χ0) is 19.7. The van der Waals surface area contributed by atoms with Gasteiger partial charge in [-0.05, 0) is 29.8 Å². The van der Waals surface area contributed by atoms with Gasteiger partial charge in [-0.25, -0.2) is 0 Å². The molecule has 146 valence electrons. The molecular formula is C21H21BrN2O4. The summed E-state index contributed by atoms with van der Waals surface area (Å²) in [5, 5.41) is 0. The molecule has 6 nitrogen and oxygen atoms in total. The van der Waals surface area contributed by atoms with E-state index in [9.17, 15) is 9.59 Å². The first-order valence-electron chi connectivity index (χ1n) is 9.20. The van der Waals surface area contributed by atoms with Crippen LogP contribution >= 0.6 is 15.9 Å². The Morgan fingerprint density at radius 2 is 1.86 bits per heavy atom. The van der Waals surface area contributed by atoms with Crippen LogP contribution in [0.25, 0.3) is 0 Å².